The summed E-state index contributed by atoms with van der Waals surface area (Å²) in [5, 5.41) is 0.424. The second kappa shape index (κ2) is 9.26. The van der Waals surface area contributed by atoms with Gasteiger partial charge in [0.1, 0.15) is 17.2 Å². The van der Waals surface area contributed by atoms with Gasteiger partial charge in [-0.2, -0.15) is 0 Å². The summed E-state index contributed by atoms with van der Waals surface area (Å²) < 4.78 is 27.2. The Balaban J connectivity index is 1.60. The van der Waals surface area contributed by atoms with Gasteiger partial charge >= 0.3 is 5.97 Å². The lowest BCUT2D eigenvalue weighted by Crippen LogP contribution is -2.08. The van der Waals surface area contributed by atoms with Gasteiger partial charge in [0, 0.05) is 22.7 Å². The van der Waals surface area contributed by atoms with Crippen molar-refractivity contribution in [1.82, 2.24) is 0 Å². The van der Waals surface area contributed by atoms with E-state index < -0.39 is 5.97 Å². The monoisotopic (exact) mass is 466 g/mol. The van der Waals surface area contributed by atoms with Gasteiger partial charge in [0.25, 0.3) is 0 Å². The van der Waals surface area contributed by atoms with E-state index in [0.29, 0.717) is 39.0 Å². The molecule has 1 aliphatic rings. The second-order valence-electron chi connectivity index (χ2n) is 6.95. The Morgan fingerprint density at radius 1 is 0.909 bits per heavy atom. The molecule has 1 heterocycles. The van der Waals surface area contributed by atoms with Crippen LogP contribution >= 0.6 is 11.6 Å². The third-order valence-corrected chi connectivity index (χ3v) is 5.17. The van der Waals surface area contributed by atoms with E-state index in [1.807, 2.05) is 0 Å². The fraction of sp³-hybridized carbons (Fsp3) is 0.120. The van der Waals surface area contributed by atoms with Gasteiger partial charge in [-0.1, -0.05) is 17.7 Å². The smallest absolute Gasteiger partial charge is 0.343 e. The summed E-state index contributed by atoms with van der Waals surface area (Å²) in [6, 6.07) is 14.3. The highest BCUT2D eigenvalue weighted by Gasteiger charge is 2.29. The predicted molar refractivity (Wildman–Crippen MR) is 122 cm³/mol. The standard InChI is InChI=1S/C25H19ClO7/c1-29-19-13-22(31-3)21(30-2)10-15(19)11-23-24(27)18-8-7-17(12-20(18)33-23)32-25(28)14-5-4-6-16(26)9-14/h4-13H,1-3H3/b23-11-. The van der Waals surface area contributed by atoms with Gasteiger partial charge in [-0.15, -0.1) is 0 Å². The topological polar surface area (TPSA) is 80.3 Å². The van der Waals surface area contributed by atoms with Gasteiger partial charge in [-0.05, 0) is 42.5 Å². The molecule has 0 N–H and O–H groups in total. The summed E-state index contributed by atoms with van der Waals surface area (Å²) in [6.07, 6.45) is 1.56. The van der Waals surface area contributed by atoms with Crippen molar-refractivity contribution < 1.29 is 33.3 Å². The Labute approximate surface area is 195 Å². The number of methoxy groups -OCH3 is 3. The first-order valence-electron chi connectivity index (χ1n) is 9.79. The van der Waals surface area contributed by atoms with Gasteiger partial charge in [0.15, 0.2) is 17.3 Å². The van der Waals surface area contributed by atoms with Gasteiger partial charge in [-0.25, -0.2) is 4.79 Å². The van der Waals surface area contributed by atoms with Crippen LogP contribution in [0.2, 0.25) is 5.02 Å². The minimum absolute atomic E-state index is 0.0915. The normalized spacial score (nSPS) is 13.3. The molecule has 33 heavy (non-hydrogen) atoms. The number of carbonyl (C=O) groups excluding carboxylic acids is 2. The molecular formula is C25H19ClO7. The molecular weight excluding hydrogens is 448 g/mol. The Kier molecular flexibility index (Phi) is 6.24. The number of halogens is 1. The number of esters is 1. The molecule has 0 unspecified atom stereocenters. The second-order valence-corrected chi connectivity index (χ2v) is 7.38. The molecule has 1 aliphatic heterocycles. The number of benzene rings is 3. The molecule has 8 heteroatoms. The zero-order valence-corrected chi connectivity index (χ0v) is 18.8. The Morgan fingerprint density at radius 3 is 2.33 bits per heavy atom. The zero-order chi connectivity index (χ0) is 23.5. The summed E-state index contributed by atoms with van der Waals surface area (Å²) in [4.78, 5) is 25.2. The summed E-state index contributed by atoms with van der Waals surface area (Å²) in [6.45, 7) is 0. The third-order valence-electron chi connectivity index (χ3n) is 4.93. The molecule has 3 aromatic carbocycles. The summed E-state index contributed by atoms with van der Waals surface area (Å²) >= 11 is 5.93. The molecule has 0 aromatic heterocycles. The van der Waals surface area contributed by atoms with Crippen molar-refractivity contribution in [3.05, 3.63) is 82.1 Å². The number of ketones is 1. The molecule has 0 amide bonds. The summed E-state index contributed by atoms with van der Waals surface area (Å²) in [7, 11) is 4.54. The number of carbonyl (C=O) groups is 2. The van der Waals surface area contributed by atoms with Gasteiger partial charge in [0.05, 0.1) is 32.5 Å². The molecule has 168 valence electrons. The first-order chi connectivity index (χ1) is 15.9. The van der Waals surface area contributed by atoms with Crippen LogP contribution in [0.3, 0.4) is 0 Å². The third kappa shape index (κ3) is 4.49. The summed E-state index contributed by atoms with van der Waals surface area (Å²) in [5.74, 6) is 1.16. The Morgan fingerprint density at radius 2 is 1.64 bits per heavy atom. The number of hydrogen-bond acceptors (Lipinski definition) is 7. The maximum absolute atomic E-state index is 12.9. The fourth-order valence-corrected chi connectivity index (χ4v) is 3.51. The molecule has 0 fully saturated rings. The van der Waals surface area contributed by atoms with Gasteiger partial charge in [0.2, 0.25) is 5.78 Å². The molecule has 0 radical (unpaired) electrons. The van der Waals surface area contributed by atoms with Crippen molar-refractivity contribution in [2.75, 3.05) is 21.3 Å². The van der Waals surface area contributed by atoms with Crippen molar-refractivity contribution in [1.29, 1.82) is 0 Å². The number of ether oxygens (including phenoxy) is 5. The average Bonchev–Trinajstić information content (AvgIpc) is 3.13. The maximum atomic E-state index is 12.9. The quantitative estimate of drug-likeness (QED) is 0.280. The van der Waals surface area contributed by atoms with Gasteiger partial charge in [-0.3, -0.25) is 4.79 Å². The summed E-state index contributed by atoms with van der Waals surface area (Å²) in [5.41, 5.74) is 1.23. The Bertz CT molecular complexity index is 1280. The van der Waals surface area contributed by atoms with E-state index in [1.54, 1.807) is 42.5 Å². The van der Waals surface area contributed by atoms with Crippen LogP contribution in [-0.4, -0.2) is 33.1 Å². The van der Waals surface area contributed by atoms with Crippen LogP contribution in [0.1, 0.15) is 26.3 Å². The van der Waals surface area contributed by atoms with Gasteiger partial charge < -0.3 is 23.7 Å². The molecule has 0 saturated carbocycles. The molecule has 7 nitrogen and oxygen atoms in total. The number of fused-ring (bicyclic) bond motifs is 1. The minimum Gasteiger partial charge on any atom is -0.496 e. The van der Waals surface area contributed by atoms with E-state index in [1.165, 1.54) is 39.5 Å². The minimum atomic E-state index is -0.576. The molecule has 0 spiro atoms. The lowest BCUT2D eigenvalue weighted by Gasteiger charge is -2.12. The van der Waals surface area contributed by atoms with E-state index in [-0.39, 0.29) is 23.0 Å². The molecule has 3 aromatic rings. The first kappa shape index (κ1) is 22.2. The van der Waals surface area contributed by atoms with Crippen molar-refractivity contribution in [3.63, 3.8) is 0 Å². The number of rotatable bonds is 6. The van der Waals surface area contributed by atoms with Crippen molar-refractivity contribution in [2.24, 2.45) is 0 Å². The van der Waals surface area contributed by atoms with Crippen LogP contribution in [0, 0.1) is 0 Å². The van der Waals surface area contributed by atoms with Crippen LogP contribution < -0.4 is 23.7 Å². The number of allylic oxidation sites excluding steroid dienone is 1. The van der Waals surface area contributed by atoms with E-state index in [2.05, 4.69) is 0 Å². The van der Waals surface area contributed by atoms with Crippen LogP contribution in [0.15, 0.2) is 60.4 Å². The molecule has 0 atom stereocenters. The predicted octanol–water partition coefficient (Wildman–Crippen LogP) is 5.20. The van der Waals surface area contributed by atoms with E-state index >= 15 is 0 Å². The van der Waals surface area contributed by atoms with E-state index in [0.717, 1.165) is 0 Å². The molecule has 0 aliphatic carbocycles. The largest absolute Gasteiger partial charge is 0.496 e. The molecule has 0 bridgehead atoms. The highest BCUT2D eigenvalue weighted by atomic mass is 35.5. The van der Waals surface area contributed by atoms with Crippen LogP contribution in [0.4, 0.5) is 0 Å². The lowest BCUT2D eigenvalue weighted by molar-refractivity contribution is 0.0734. The lowest BCUT2D eigenvalue weighted by atomic mass is 10.1. The van der Waals surface area contributed by atoms with Crippen molar-refractivity contribution in [2.45, 2.75) is 0 Å². The highest BCUT2D eigenvalue weighted by molar-refractivity contribution is 6.30. The number of Topliss-reactive ketones (excluding diaryl/α,β-unsaturated/α-hetero) is 1. The Hall–Kier alpha value is -3.97. The average molecular weight is 467 g/mol. The maximum Gasteiger partial charge on any atom is 0.343 e. The van der Waals surface area contributed by atoms with E-state index in [9.17, 15) is 9.59 Å². The SMILES string of the molecule is COc1cc(OC)c(OC)cc1/C=C1\Oc2cc(OC(=O)c3cccc(Cl)c3)ccc2C1=O. The zero-order valence-electron chi connectivity index (χ0n) is 18.0. The molecule has 0 saturated heterocycles. The fourth-order valence-electron chi connectivity index (χ4n) is 3.32. The van der Waals surface area contributed by atoms with Crippen molar-refractivity contribution >= 4 is 29.4 Å². The van der Waals surface area contributed by atoms with Crippen LogP contribution in [-0.2, 0) is 0 Å². The molecule has 4 rings (SSSR count). The van der Waals surface area contributed by atoms with E-state index in [4.69, 9.17) is 35.3 Å². The highest BCUT2D eigenvalue weighted by Crippen LogP contribution is 2.39. The van der Waals surface area contributed by atoms with Crippen LogP contribution in [0.5, 0.6) is 28.7 Å². The van der Waals surface area contributed by atoms with Crippen LogP contribution in [0.25, 0.3) is 6.08 Å². The first-order valence-corrected chi connectivity index (χ1v) is 10.2. The number of hydrogen-bond donors (Lipinski definition) is 0. The van der Waals surface area contributed by atoms with Crippen molar-refractivity contribution in [3.8, 4) is 28.7 Å².